The molecule has 0 amide bonds. The summed E-state index contributed by atoms with van der Waals surface area (Å²) in [5.41, 5.74) is 0. The van der Waals surface area contributed by atoms with Crippen LogP contribution in [0.3, 0.4) is 0 Å². The van der Waals surface area contributed by atoms with Gasteiger partial charge in [0.15, 0.2) is 5.82 Å². The van der Waals surface area contributed by atoms with E-state index in [2.05, 4.69) is 10.1 Å². The van der Waals surface area contributed by atoms with Gasteiger partial charge in [0.25, 0.3) is 0 Å². The molecule has 0 aliphatic heterocycles. The molecule has 4 nitrogen and oxygen atoms in total. The fraction of sp³-hybridized carbons (Fsp3) is 0.750. The molecule has 0 radical (unpaired) electrons. The van der Waals surface area contributed by atoms with Crippen LogP contribution in [0.1, 0.15) is 30.4 Å². The highest BCUT2D eigenvalue weighted by molar-refractivity contribution is 5.05. The van der Waals surface area contributed by atoms with Crippen LogP contribution in [0.4, 0.5) is 0 Å². The zero-order chi connectivity index (χ0) is 8.72. The van der Waals surface area contributed by atoms with Gasteiger partial charge in [0.1, 0.15) is 5.82 Å². The Bertz CT molecular complexity index is 275. The van der Waals surface area contributed by atoms with Gasteiger partial charge < -0.3 is 5.11 Å². The van der Waals surface area contributed by atoms with E-state index in [0.29, 0.717) is 0 Å². The topological polar surface area (TPSA) is 50.9 Å². The summed E-state index contributed by atoms with van der Waals surface area (Å²) in [7, 11) is 1.87. The van der Waals surface area contributed by atoms with Crippen LogP contribution in [-0.4, -0.2) is 26.0 Å². The number of rotatable bonds is 1. The molecule has 2 atom stereocenters. The minimum atomic E-state index is -0.216. The van der Waals surface area contributed by atoms with Gasteiger partial charge in [-0.3, -0.25) is 4.68 Å². The van der Waals surface area contributed by atoms with Crippen LogP contribution in [0.2, 0.25) is 0 Å². The van der Waals surface area contributed by atoms with E-state index in [9.17, 15) is 5.11 Å². The van der Waals surface area contributed by atoms with Crippen LogP contribution >= 0.6 is 0 Å². The Morgan fingerprint density at radius 2 is 2.25 bits per heavy atom. The van der Waals surface area contributed by atoms with Crippen molar-refractivity contribution in [3.8, 4) is 0 Å². The first kappa shape index (κ1) is 7.73. The maximum Gasteiger partial charge on any atom is 0.156 e. The molecule has 0 aromatic carbocycles. The molecule has 1 heterocycles. The quantitative estimate of drug-likeness (QED) is 0.657. The largest absolute Gasteiger partial charge is 0.392 e. The first-order valence-electron chi connectivity index (χ1n) is 4.24. The van der Waals surface area contributed by atoms with E-state index in [4.69, 9.17) is 0 Å². The van der Waals surface area contributed by atoms with Crippen LogP contribution in [0.5, 0.6) is 0 Å². The second-order valence-corrected chi connectivity index (χ2v) is 3.39. The van der Waals surface area contributed by atoms with E-state index in [1.807, 2.05) is 14.0 Å². The monoisotopic (exact) mass is 167 g/mol. The molecule has 12 heavy (non-hydrogen) atoms. The Morgan fingerprint density at radius 3 is 2.58 bits per heavy atom. The third-order valence-electron chi connectivity index (χ3n) is 2.57. The van der Waals surface area contributed by atoms with Crippen LogP contribution < -0.4 is 0 Å². The Kier molecular flexibility index (Phi) is 1.65. The number of hydrogen-bond acceptors (Lipinski definition) is 3. The van der Waals surface area contributed by atoms with Crippen molar-refractivity contribution in [3.63, 3.8) is 0 Å². The van der Waals surface area contributed by atoms with Crippen LogP contribution in [-0.2, 0) is 7.05 Å². The Morgan fingerprint density at radius 1 is 1.50 bits per heavy atom. The molecule has 1 saturated carbocycles. The van der Waals surface area contributed by atoms with Gasteiger partial charge in [-0.25, -0.2) is 4.98 Å². The summed E-state index contributed by atoms with van der Waals surface area (Å²) in [5.74, 6) is 1.89. The molecule has 1 aliphatic rings. The predicted octanol–water partition coefficient (Wildman–Crippen LogP) is 0.362. The average Bonchev–Trinajstić information content (AvgIpc) is 2.29. The number of nitrogens with zero attached hydrogens (tertiary/aromatic N) is 3. The first-order valence-corrected chi connectivity index (χ1v) is 4.24. The molecule has 1 aliphatic carbocycles. The molecular formula is C8H13N3O. The SMILES string of the molecule is Cc1nc(C2CCC2O)nn1C. The molecule has 1 N–H and O–H groups in total. The van der Waals surface area contributed by atoms with Gasteiger partial charge >= 0.3 is 0 Å². The number of hydrogen-bond donors (Lipinski definition) is 1. The molecule has 2 rings (SSSR count). The molecule has 4 heteroatoms. The maximum absolute atomic E-state index is 9.37. The summed E-state index contributed by atoms with van der Waals surface area (Å²) in [6.07, 6.45) is 1.69. The lowest BCUT2D eigenvalue weighted by molar-refractivity contribution is 0.0621. The zero-order valence-corrected chi connectivity index (χ0v) is 7.36. The van der Waals surface area contributed by atoms with Gasteiger partial charge in [0.05, 0.1) is 6.10 Å². The number of aryl methyl sites for hydroxylation is 2. The standard InChI is InChI=1S/C8H13N3O/c1-5-9-8(10-11(5)2)6-3-4-7(6)12/h6-7,12H,3-4H2,1-2H3. The lowest BCUT2D eigenvalue weighted by atomic mass is 9.81. The minimum Gasteiger partial charge on any atom is -0.392 e. The highest BCUT2D eigenvalue weighted by atomic mass is 16.3. The summed E-state index contributed by atoms with van der Waals surface area (Å²) in [6, 6.07) is 0. The molecule has 0 saturated heterocycles. The van der Waals surface area contributed by atoms with Crippen molar-refractivity contribution in [2.45, 2.75) is 31.8 Å². The summed E-state index contributed by atoms with van der Waals surface area (Å²) in [6.45, 7) is 1.92. The third-order valence-corrected chi connectivity index (χ3v) is 2.57. The van der Waals surface area contributed by atoms with E-state index in [0.717, 1.165) is 24.5 Å². The summed E-state index contributed by atoms with van der Waals surface area (Å²) in [5, 5.41) is 13.6. The van der Waals surface area contributed by atoms with E-state index in [1.54, 1.807) is 4.68 Å². The van der Waals surface area contributed by atoms with Crippen molar-refractivity contribution in [2.75, 3.05) is 0 Å². The third kappa shape index (κ3) is 1.03. The van der Waals surface area contributed by atoms with Crippen LogP contribution in [0.25, 0.3) is 0 Å². The second kappa shape index (κ2) is 2.55. The van der Waals surface area contributed by atoms with Crippen LogP contribution in [0, 0.1) is 6.92 Å². The number of aromatic nitrogens is 3. The van der Waals surface area contributed by atoms with E-state index < -0.39 is 0 Å². The lowest BCUT2D eigenvalue weighted by Crippen LogP contribution is -2.29. The minimum absolute atomic E-state index is 0.185. The van der Waals surface area contributed by atoms with Gasteiger partial charge in [0.2, 0.25) is 0 Å². The summed E-state index contributed by atoms with van der Waals surface area (Å²) in [4.78, 5) is 4.27. The molecule has 1 aromatic rings. The molecule has 1 fully saturated rings. The molecule has 0 spiro atoms. The molecular weight excluding hydrogens is 154 g/mol. The van der Waals surface area contributed by atoms with E-state index in [1.165, 1.54) is 0 Å². The lowest BCUT2D eigenvalue weighted by Gasteiger charge is -2.29. The maximum atomic E-state index is 9.37. The number of aliphatic hydroxyl groups is 1. The van der Waals surface area contributed by atoms with Gasteiger partial charge in [-0.1, -0.05) is 0 Å². The fourth-order valence-corrected chi connectivity index (χ4v) is 1.43. The van der Waals surface area contributed by atoms with Crippen molar-refractivity contribution in [1.29, 1.82) is 0 Å². The van der Waals surface area contributed by atoms with Crippen molar-refractivity contribution >= 4 is 0 Å². The van der Waals surface area contributed by atoms with Gasteiger partial charge in [-0.05, 0) is 19.8 Å². The van der Waals surface area contributed by atoms with Gasteiger partial charge in [0, 0.05) is 13.0 Å². The van der Waals surface area contributed by atoms with Gasteiger partial charge in [-0.15, -0.1) is 0 Å². The average molecular weight is 167 g/mol. The highest BCUT2D eigenvalue weighted by Crippen LogP contribution is 2.34. The highest BCUT2D eigenvalue weighted by Gasteiger charge is 2.33. The van der Waals surface area contributed by atoms with E-state index >= 15 is 0 Å². The Balaban J connectivity index is 2.23. The predicted molar refractivity (Wildman–Crippen MR) is 43.7 cm³/mol. The Hall–Kier alpha value is -0.900. The smallest absolute Gasteiger partial charge is 0.156 e. The fourth-order valence-electron chi connectivity index (χ4n) is 1.43. The molecule has 66 valence electrons. The molecule has 1 aromatic heterocycles. The van der Waals surface area contributed by atoms with Crippen molar-refractivity contribution in [3.05, 3.63) is 11.6 Å². The van der Waals surface area contributed by atoms with Crippen molar-refractivity contribution in [2.24, 2.45) is 7.05 Å². The summed E-state index contributed by atoms with van der Waals surface area (Å²) < 4.78 is 1.75. The van der Waals surface area contributed by atoms with Crippen molar-refractivity contribution < 1.29 is 5.11 Å². The van der Waals surface area contributed by atoms with Crippen LogP contribution in [0.15, 0.2) is 0 Å². The molecule has 0 bridgehead atoms. The summed E-state index contributed by atoms with van der Waals surface area (Å²) >= 11 is 0. The molecule has 2 unspecified atom stereocenters. The second-order valence-electron chi connectivity index (χ2n) is 3.39. The van der Waals surface area contributed by atoms with Crippen molar-refractivity contribution in [1.82, 2.24) is 14.8 Å². The Labute approximate surface area is 71.2 Å². The zero-order valence-electron chi connectivity index (χ0n) is 7.36. The first-order chi connectivity index (χ1) is 5.68. The van der Waals surface area contributed by atoms with Gasteiger partial charge in [-0.2, -0.15) is 5.10 Å². The normalized spacial score (nSPS) is 28.6. The number of aliphatic hydroxyl groups excluding tert-OH is 1. The van der Waals surface area contributed by atoms with E-state index in [-0.39, 0.29) is 12.0 Å².